The van der Waals surface area contributed by atoms with E-state index < -0.39 is 16.5 Å². The number of aliphatic hydroxyl groups excluding tert-OH is 1. The molecule has 0 aromatic heterocycles. The Labute approximate surface area is 144 Å². The quantitative estimate of drug-likeness (QED) is 0.0788. The fraction of sp³-hybridized carbons (Fsp3) is 0.417. The van der Waals surface area contributed by atoms with E-state index >= 15 is 0 Å². The summed E-state index contributed by atoms with van der Waals surface area (Å²) in [5.74, 6) is -0.0505. The first-order chi connectivity index (χ1) is 11.0. The van der Waals surface area contributed by atoms with Crippen LogP contribution in [0.15, 0.2) is 18.2 Å². The lowest BCUT2D eigenvalue weighted by molar-refractivity contribution is -0.667. The summed E-state index contributed by atoms with van der Waals surface area (Å²) < 4.78 is 34.1. The van der Waals surface area contributed by atoms with Gasteiger partial charge in [-0.25, -0.2) is 5.41 Å². The van der Waals surface area contributed by atoms with Crippen molar-refractivity contribution in [2.45, 2.75) is 12.5 Å². The van der Waals surface area contributed by atoms with Gasteiger partial charge in [-0.2, -0.15) is 0 Å². The highest BCUT2D eigenvalue weighted by Gasteiger charge is 2.11. The van der Waals surface area contributed by atoms with E-state index in [1.54, 1.807) is 5.32 Å². The van der Waals surface area contributed by atoms with Gasteiger partial charge in [-0.05, 0) is 17.7 Å². The summed E-state index contributed by atoms with van der Waals surface area (Å²) in [6, 6.07) is 4.08. The Morgan fingerprint density at radius 1 is 1.20 bits per heavy atom. The fourth-order valence-corrected chi connectivity index (χ4v) is 1.74. The third-order valence-corrected chi connectivity index (χ3v) is 2.68. The monoisotopic (exact) mass is 384 g/mol. The molecule has 1 aromatic carbocycles. The molecule has 25 heavy (non-hydrogen) atoms. The van der Waals surface area contributed by atoms with Crippen molar-refractivity contribution in [2.75, 3.05) is 19.6 Å². The van der Waals surface area contributed by atoms with E-state index in [1.807, 2.05) is 5.32 Å². The number of nitrogens with two attached hydrogens (primary N) is 3. The number of hydrogen-bond acceptors (Lipinski definition) is 8. The first-order valence-electron chi connectivity index (χ1n) is 6.85. The molecule has 1 rings (SSSR count). The zero-order valence-electron chi connectivity index (χ0n) is 13.3. The molecule has 0 spiro atoms. The van der Waals surface area contributed by atoms with Gasteiger partial charge in [-0.1, -0.05) is 0 Å². The lowest BCUT2D eigenvalue weighted by Crippen LogP contribution is -2.92. The number of aliphatic hydroxyl groups is 1. The summed E-state index contributed by atoms with van der Waals surface area (Å²) in [6.07, 6.45) is 0.132. The molecule has 0 heterocycles. The zero-order valence-corrected chi connectivity index (χ0v) is 14.1. The van der Waals surface area contributed by atoms with Gasteiger partial charge in [-0.15, -0.1) is 0 Å². The van der Waals surface area contributed by atoms with E-state index in [2.05, 4.69) is 0 Å². The van der Waals surface area contributed by atoms with E-state index in [1.165, 1.54) is 18.2 Å². The predicted octanol–water partition coefficient (Wildman–Crippen LogP) is -4.62. The first kappa shape index (κ1) is 25.2. The van der Waals surface area contributed by atoms with Gasteiger partial charge in [0.1, 0.15) is 24.1 Å². The molecule has 1 atom stereocenters. The van der Waals surface area contributed by atoms with Crippen molar-refractivity contribution in [3.8, 4) is 11.5 Å². The number of rotatable bonds is 7. The molecule has 13 heteroatoms. The summed E-state index contributed by atoms with van der Waals surface area (Å²) >= 11 is 0. The third kappa shape index (κ3) is 16.6. The Morgan fingerprint density at radius 3 is 2.12 bits per heavy atom. The highest BCUT2D eigenvalue weighted by molar-refractivity contribution is 7.79. The van der Waals surface area contributed by atoms with Crippen LogP contribution in [0.1, 0.15) is 18.1 Å². The van der Waals surface area contributed by atoms with Gasteiger partial charge in [0.2, 0.25) is 0 Å². The van der Waals surface area contributed by atoms with Gasteiger partial charge in [-0.3, -0.25) is 13.7 Å². The van der Waals surface area contributed by atoms with E-state index in [4.69, 9.17) is 28.7 Å². The van der Waals surface area contributed by atoms with E-state index in [-0.39, 0.29) is 22.9 Å². The third-order valence-electron chi connectivity index (χ3n) is 2.68. The van der Waals surface area contributed by atoms with E-state index in [9.17, 15) is 15.3 Å². The number of hydrogen-bond donors (Lipinski definition) is 7. The number of phenolic OH excluding ortho intramolecular Hbond substituents is 2. The summed E-state index contributed by atoms with van der Waals surface area (Å²) in [6.45, 7) is 2.00. The molecule has 0 radical (unpaired) electrons. The topological polar surface area (TPSA) is 256 Å². The van der Waals surface area contributed by atoms with E-state index in [0.29, 0.717) is 12.1 Å². The molecule has 0 bridgehead atoms. The van der Waals surface area contributed by atoms with Gasteiger partial charge in [0.25, 0.3) is 5.96 Å². The van der Waals surface area contributed by atoms with E-state index in [0.717, 1.165) is 19.5 Å². The maximum atomic E-state index is 9.90. The minimum atomic E-state index is -5.17. The van der Waals surface area contributed by atoms with Crippen molar-refractivity contribution in [3.05, 3.63) is 23.8 Å². The molecule has 146 valence electrons. The SMILES string of the molecule is N=C(N)[NH2+]CCC[NH2+]CC(O)c1cc(O)cc(O)c1.O.O=S(=O)([O-])[O-]. The summed E-state index contributed by atoms with van der Waals surface area (Å²) in [4.78, 5) is 0. The second-order valence-corrected chi connectivity index (χ2v) is 5.64. The molecule has 0 saturated heterocycles. The van der Waals surface area contributed by atoms with Crippen LogP contribution in [0.25, 0.3) is 0 Å². The smallest absolute Gasteiger partial charge is 0.288 e. The van der Waals surface area contributed by atoms with Crippen LogP contribution in [0.3, 0.4) is 0 Å². The molecule has 0 saturated carbocycles. The molecule has 0 aliphatic rings. The van der Waals surface area contributed by atoms with Crippen LogP contribution in [-0.4, -0.2) is 63.9 Å². The predicted molar refractivity (Wildman–Crippen MR) is 83.8 cm³/mol. The van der Waals surface area contributed by atoms with Crippen molar-refractivity contribution in [1.82, 2.24) is 0 Å². The van der Waals surface area contributed by atoms with Crippen molar-refractivity contribution in [2.24, 2.45) is 5.73 Å². The van der Waals surface area contributed by atoms with Gasteiger partial charge in [0, 0.05) is 22.9 Å². The minimum Gasteiger partial charge on any atom is -0.759 e. The largest absolute Gasteiger partial charge is 0.759 e. The molecule has 0 aliphatic heterocycles. The number of aromatic hydroxyl groups is 2. The van der Waals surface area contributed by atoms with Crippen LogP contribution >= 0.6 is 0 Å². The number of benzene rings is 1. The van der Waals surface area contributed by atoms with Crippen LogP contribution in [-0.2, 0) is 10.4 Å². The second-order valence-electron chi connectivity index (χ2n) is 4.82. The minimum absolute atomic E-state index is 0. The van der Waals surface area contributed by atoms with Crippen LogP contribution in [0.2, 0.25) is 0 Å². The average molecular weight is 384 g/mol. The first-order valence-corrected chi connectivity index (χ1v) is 8.19. The molecule has 1 aromatic rings. The summed E-state index contributed by atoms with van der Waals surface area (Å²) in [7, 11) is -5.17. The highest BCUT2D eigenvalue weighted by Crippen LogP contribution is 2.24. The van der Waals surface area contributed by atoms with Gasteiger partial charge in [0.05, 0.1) is 13.1 Å². The molecular formula is C12H24N4O8S. The van der Waals surface area contributed by atoms with Crippen LogP contribution in [0.5, 0.6) is 11.5 Å². The van der Waals surface area contributed by atoms with Gasteiger partial charge < -0.3 is 41.0 Å². The van der Waals surface area contributed by atoms with Crippen molar-refractivity contribution >= 4 is 16.4 Å². The van der Waals surface area contributed by atoms with Crippen LogP contribution in [0, 0.1) is 5.41 Å². The van der Waals surface area contributed by atoms with Gasteiger partial charge >= 0.3 is 0 Å². The second kappa shape index (κ2) is 12.4. The Balaban J connectivity index is 0. The number of phenols is 2. The Morgan fingerprint density at radius 2 is 1.68 bits per heavy atom. The molecular weight excluding hydrogens is 360 g/mol. The number of nitrogens with one attached hydrogen (secondary N) is 1. The number of quaternary nitrogens is 2. The summed E-state index contributed by atoms with van der Waals surface area (Å²) in [5.41, 5.74) is 5.68. The van der Waals surface area contributed by atoms with Crippen LogP contribution < -0.4 is 16.4 Å². The Hall–Kier alpha value is -2.00. The molecule has 12 nitrogen and oxygen atoms in total. The van der Waals surface area contributed by atoms with Crippen LogP contribution in [0.4, 0.5) is 0 Å². The molecule has 1 unspecified atom stereocenters. The highest BCUT2D eigenvalue weighted by atomic mass is 32.3. The van der Waals surface area contributed by atoms with Crippen molar-refractivity contribution in [1.29, 1.82) is 5.41 Å². The standard InChI is InChI=1S/C12H20N4O3.H2O4S.H2O/c13-12(14)16-3-1-2-15-7-11(19)8-4-9(17)6-10(18)5-8;1-5(2,3)4;/h4-6,11,15,17-19H,1-3,7H2,(H4,13,14,16);(H2,1,2,3,4);1H2. The maximum absolute atomic E-state index is 9.90. The number of guanidine groups is 1. The normalized spacial score (nSPS) is 11.6. The molecule has 0 fully saturated rings. The molecule has 12 N–H and O–H groups in total. The fourth-order valence-electron chi connectivity index (χ4n) is 1.74. The lowest BCUT2D eigenvalue weighted by atomic mass is 10.1. The maximum Gasteiger partial charge on any atom is 0.288 e. The average Bonchev–Trinajstić information content (AvgIpc) is 2.39. The van der Waals surface area contributed by atoms with Crippen molar-refractivity contribution in [3.63, 3.8) is 0 Å². The Kier molecular flexibility index (Phi) is 12.5. The zero-order chi connectivity index (χ0) is 18.8. The molecule has 0 aliphatic carbocycles. The lowest BCUT2D eigenvalue weighted by Gasteiger charge is -2.10. The Bertz CT molecular complexity index is 597. The molecule has 0 amide bonds. The summed E-state index contributed by atoms with van der Waals surface area (Å²) in [5, 5.41) is 39.2. The van der Waals surface area contributed by atoms with Crippen molar-refractivity contribution < 1.29 is 49.0 Å². The van der Waals surface area contributed by atoms with Gasteiger partial charge in [0.15, 0.2) is 0 Å².